The van der Waals surface area contributed by atoms with Crippen molar-refractivity contribution in [1.29, 1.82) is 0 Å². The number of benzene rings is 1. The highest BCUT2D eigenvalue weighted by atomic mass is 32.2. The third-order valence-electron chi connectivity index (χ3n) is 2.14. The summed E-state index contributed by atoms with van der Waals surface area (Å²) in [6.07, 6.45) is 1.95. The molecule has 90 valence electrons. The van der Waals surface area contributed by atoms with Crippen LogP contribution in [0.3, 0.4) is 0 Å². The summed E-state index contributed by atoms with van der Waals surface area (Å²) in [6, 6.07) is 8.13. The number of aliphatic hydroxyl groups is 1. The molecule has 0 saturated carbocycles. The van der Waals surface area contributed by atoms with Crippen molar-refractivity contribution in [2.24, 2.45) is 0 Å². The molecule has 0 saturated heterocycles. The van der Waals surface area contributed by atoms with Crippen LogP contribution in [0, 0.1) is 6.92 Å². The molecule has 1 aromatic carbocycles. The highest BCUT2D eigenvalue weighted by Gasteiger charge is 1.94. The summed E-state index contributed by atoms with van der Waals surface area (Å²) in [5, 5.41) is 8.61. The summed E-state index contributed by atoms with van der Waals surface area (Å²) in [4.78, 5) is 0. The first kappa shape index (κ1) is 13.4. The summed E-state index contributed by atoms with van der Waals surface area (Å²) < 4.78 is 5.63. The average molecular weight is 240 g/mol. The van der Waals surface area contributed by atoms with Gasteiger partial charge in [-0.2, -0.15) is 11.8 Å². The van der Waals surface area contributed by atoms with Crippen LogP contribution in [-0.4, -0.2) is 29.8 Å². The van der Waals surface area contributed by atoms with Gasteiger partial charge in [-0.1, -0.05) is 12.1 Å². The fourth-order valence-electron chi connectivity index (χ4n) is 1.32. The summed E-state index contributed by atoms with van der Waals surface area (Å²) >= 11 is 1.88. The molecule has 0 radical (unpaired) electrons. The molecule has 0 aliphatic rings. The Hall–Kier alpha value is -0.670. The van der Waals surface area contributed by atoms with Gasteiger partial charge >= 0.3 is 0 Å². The monoisotopic (exact) mass is 240 g/mol. The molecule has 0 aliphatic carbocycles. The molecule has 0 heterocycles. The predicted octanol–water partition coefficient (Wildman–Crippen LogP) is 2.88. The van der Waals surface area contributed by atoms with E-state index in [0.717, 1.165) is 36.7 Å². The summed E-state index contributed by atoms with van der Waals surface area (Å²) in [5.74, 6) is 3.10. The van der Waals surface area contributed by atoms with Crippen LogP contribution in [0.1, 0.15) is 18.4 Å². The van der Waals surface area contributed by atoms with Gasteiger partial charge in [-0.3, -0.25) is 0 Å². The van der Waals surface area contributed by atoms with E-state index >= 15 is 0 Å². The molecule has 1 rings (SSSR count). The predicted molar refractivity (Wildman–Crippen MR) is 70.3 cm³/mol. The first-order valence-electron chi connectivity index (χ1n) is 5.71. The Morgan fingerprint density at radius 2 is 2.06 bits per heavy atom. The van der Waals surface area contributed by atoms with Crippen LogP contribution in [-0.2, 0) is 0 Å². The normalized spacial score (nSPS) is 10.4. The van der Waals surface area contributed by atoms with Crippen molar-refractivity contribution in [3.63, 3.8) is 0 Å². The highest BCUT2D eigenvalue weighted by Crippen LogP contribution is 2.13. The van der Waals surface area contributed by atoms with Crippen molar-refractivity contribution in [1.82, 2.24) is 0 Å². The lowest BCUT2D eigenvalue weighted by Gasteiger charge is -2.06. The zero-order valence-corrected chi connectivity index (χ0v) is 10.6. The van der Waals surface area contributed by atoms with E-state index in [9.17, 15) is 0 Å². The number of thioether (sulfide) groups is 1. The van der Waals surface area contributed by atoms with Gasteiger partial charge in [0.1, 0.15) is 5.75 Å². The molecule has 16 heavy (non-hydrogen) atoms. The minimum absolute atomic E-state index is 0.298. The fourth-order valence-corrected chi connectivity index (χ4v) is 2.18. The minimum Gasteiger partial charge on any atom is -0.494 e. The average Bonchev–Trinajstić information content (AvgIpc) is 2.28. The van der Waals surface area contributed by atoms with Crippen LogP contribution >= 0.6 is 11.8 Å². The Kier molecular flexibility index (Phi) is 7.10. The maximum atomic E-state index is 8.61. The Balaban J connectivity index is 2.03. The molecule has 0 amide bonds. The molecule has 0 aliphatic heterocycles. The summed E-state index contributed by atoms with van der Waals surface area (Å²) in [7, 11) is 0. The molecule has 2 nitrogen and oxygen atoms in total. The number of hydrogen-bond acceptors (Lipinski definition) is 3. The van der Waals surface area contributed by atoms with E-state index in [2.05, 4.69) is 19.1 Å². The Morgan fingerprint density at radius 3 is 2.81 bits per heavy atom. The third kappa shape index (κ3) is 6.03. The molecule has 1 N–H and O–H groups in total. The van der Waals surface area contributed by atoms with Crippen molar-refractivity contribution in [2.75, 3.05) is 24.7 Å². The van der Waals surface area contributed by atoms with Gasteiger partial charge in [0.15, 0.2) is 0 Å². The van der Waals surface area contributed by atoms with E-state index in [1.807, 2.05) is 23.9 Å². The van der Waals surface area contributed by atoms with Crippen molar-refractivity contribution >= 4 is 11.8 Å². The Morgan fingerprint density at radius 1 is 1.25 bits per heavy atom. The maximum Gasteiger partial charge on any atom is 0.119 e. The zero-order chi connectivity index (χ0) is 11.6. The lowest BCUT2D eigenvalue weighted by atomic mass is 10.2. The molecule has 0 fully saturated rings. The number of aliphatic hydroxyl groups excluding tert-OH is 1. The highest BCUT2D eigenvalue weighted by molar-refractivity contribution is 7.99. The second-order valence-corrected chi connectivity index (χ2v) is 4.93. The van der Waals surface area contributed by atoms with Crippen molar-refractivity contribution in [2.45, 2.75) is 19.8 Å². The molecule has 0 aromatic heterocycles. The topological polar surface area (TPSA) is 29.5 Å². The van der Waals surface area contributed by atoms with E-state index in [4.69, 9.17) is 9.84 Å². The van der Waals surface area contributed by atoms with Crippen LogP contribution in [0.15, 0.2) is 24.3 Å². The zero-order valence-electron chi connectivity index (χ0n) is 9.82. The lowest BCUT2D eigenvalue weighted by Crippen LogP contribution is -1.99. The number of ether oxygens (including phenoxy) is 1. The first-order chi connectivity index (χ1) is 7.83. The standard InChI is InChI=1S/C13H20O2S/c1-12-5-2-6-13(11-12)15-8-4-10-16-9-3-7-14/h2,5-6,11,14H,3-4,7-10H2,1H3. The summed E-state index contributed by atoms with van der Waals surface area (Å²) in [5.41, 5.74) is 1.23. The van der Waals surface area contributed by atoms with Crippen LogP contribution in [0.5, 0.6) is 5.75 Å². The number of aryl methyl sites for hydroxylation is 1. The SMILES string of the molecule is Cc1cccc(OCCCSCCCO)c1. The quantitative estimate of drug-likeness (QED) is 0.709. The third-order valence-corrected chi connectivity index (χ3v) is 3.29. The second kappa shape index (κ2) is 8.48. The molecule has 0 bridgehead atoms. The fraction of sp³-hybridized carbons (Fsp3) is 0.538. The van der Waals surface area contributed by atoms with Crippen LogP contribution in [0.2, 0.25) is 0 Å². The van der Waals surface area contributed by atoms with Gasteiger partial charge in [-0.25, -0.2) is 0 Å². The molecule has 0 atom stereocenters. The molecular weight excluding hydrogens is 220 g/mol. The Bertz CT molecular complexity index is 289. The van der Waals surface area contributed by atoms with Crippen molar-refractivity contribution in [3.8, 4) is 5.75 Å². The van der Waals surface area contributed by atoms with E-state index < -0.39 is 0 Å². The Labute approximate surface area is 102 Å². The number of rotatable bonds is 8. The van der Waals surface area contributed by atoms with Gasteiger partial charge < -0.3 is 9.84 Å². The molecule has 0 spiro atoms. The second-order valence-electron chi connectivity index (χ2n) is 3.71. The van der Waals surface area contributed by atoms with Crippen molar-refractivity contribution in [3.05, 3.63) is 29.8 Å². The lowest BCUT2D eigenvalue weighted by molar-refractivity contribution is 0.296. The van der Waals surface area contributed by atoms with Crippen LogP contribution in [0.25, 0.3) is 0 Å². The largest absolute Gasteiger partial charge is 0.494 e. The molecule has 1 aromatic rings. The smallest absolute Gasteiger partial charge is 0.119 e. The molecule has 0 unspecified atom stereocenters. The van der Waals surface area contributed by atoms with Gasteiger partial charge in [0.2, 0.25) is 0 Å². The van der Waals surface area contributed by atoms with Gasteiger partial charge in [0, 0.05) is 6.61 Å². The van der Waals surface area contributed by atoms with Gasteiger partial charge in [-0.15, -0.1) is 0 Å². The molecular formula is C13H20O2S. The number of hydrogen-bond donors (Lipinski definition) is 1. The van der Waals surface area contributed by atoms with E-state index in [1.54, 1.807) is 0 Å². The summed E-state index contributed by atoms with van der Waals surface area (Å²) in [6.45, 7) is 3.14. The maximum absolute atomic E-state index is 8.61. The van der Waals surface area contributed by atoms with Crippen LogP contribution < -0.4 is 4.74 Å². The molecule has 3 heteroatoms. The van der Waals surface area contributed by atoms with E-state index in [-0.39, 0.29) is 0 Å². The van der Waals surface area contributed by atoms with E-state index in [1.165, 1.54) is 5.56 Å². The van der Waals surface area contributed by atoms with Crippen LogP contribution in [0.4, 0.5) is 0 Å². The van der Waals surface area contributed by atoms with Gasteiger partial charge in [0.05, 0.1) is 6.61 Å². The first-order valence-corrected chi connectivity index (χ1v) is 6.86. The minimum atomic E-state index is 0.298. The van der Waals surface area contributed by atoms with Gasteiger partial charge in [0.25, 0.3) is 0 Å². The van der Waals surface area contributed by atoms with E-state index in [0.29, 0.717) is 6.61 Å². The van der Waals surface area contributed by atoms with Crippen molar-refractivity contribution < 1.29 is 9.84 Å². The van der Waals surface area contributed by atoms with Gasteiger partial charge in [-0.05, 0) is 49.0 Å².